The number of nitrogens with one attached hydrogen (secondary N) is 1. The van der Waals surface area contributed by atoms with Crippen molar-refractivity contribution in [3.8, 4) is 0 Å². The number of anilines is 2. The summed E-state index contributed by atoms with van der Waals surface area (Å²) in [6.45, 7) is 2.91. The molecular weight excluding hydrogens is 356 g/mol. The number of nitrogens with zero attached hydrogens (tertiary/aromatic N) is 2. The van der Waals surface area contributed by atoms with Gasteiger partial charge in [-0.2, -0.15) is 0 Å². The smallest absolute Gasteiger partial charge is 0.332 e. The molecule has 0 radical (unpaired) electrons. The first-order valence-corrected chi connectivity index (χ1v) is 8.19. The molecule has 114 valence electrons. The minimum Gasteiger partial charge on any atom is -0.383 e. The molecule has 8 heteroatoms. The van der Waals surface area contributed by atoms with E-state index in [9.17, 15) is 9.59 Å². The lowest BCUT2D eigenvalue weighted by Crippen LogP contribution is -2.40. The third-order valence-electron chi connectivity index (χ3n) is 3.15. The highest BCUT2D eigenvalue weighted by Crippen LogP contribution is 2.24. The molecule has 2 aromatic rings. The van der Waals surface area contributed by atoms with Crippen LogP contribution < -0.4 is 22.3 Å². The van der Waals surface area contributed by atoms with Crippen LogP contribution in [-0.4, -0.2) is 9.13 Å². The van der Waals surface area contributed by atoms with Gasteiger partial charge in [0.2, 0.25) is 0 Å². The van der Waals surface area contributed by atoms with Gasteiger partial charge in [-0.15, -0.1) is 11.3 Å². The topological polar surface area (TPSA) is 82.0 Å². The Morgan fingerprint density at radius 1 is 1.43 bits per heavy atom. The SMILES string of the molecule is CCCn1c(N)c(NCc2sccc2Br)c(=O)n(C)c1=O. The van der Waals surface area contributed by atoms with Gasteiger partial charge in [-0.1, -0.05) is 6.92 Å². The second-order valence-electron chi connectivity index (χ2n) is 4.60. The molecule has 0 fully saturated rings. The Hall–Kier alpha value is -1.54. The number of nitrogens with two attached hydrogens (primary N) is 1. The van der Waals surface area contributed by atoms with E-state index in [1.165, 1.54) is 11.6 Å². The average molecular weight is 373 g/mol. The molecule has 2 aromatic heterocycles. The largest absolute Gasteiger partial charge is 0.383 e. The van der Waals surface area contributed by atoms with Gasteiger partial charge >= 0.3 is 5.69 Å². The minimum absolute atomic E-state index is 0.192. The molecule has 0 bridgehead atoms. The molecule has 0 unspecified atom stereocenters. The van der Waals surface area contributed by atoms with Crippen LogP contribution in [0.5, 0.6) is 0 Å². The van der Waals surface area contributed by atoms with Crippen molar-refractivity contribution < 1.29 is 0 Å². The Balaban J connectivity index is 2.41. The van der Waals surface area contributed by atoms with Crippen LogP contribution >= 0.6 is 27.3 Å². The van der Waals surface area contributed by atoms with E-state index in [0.717, 1.165) is 20.3 Å². The predicted molar refractivity (Wildman–Crippen MR) is 90.0 cm³/mol. The molecule has 0 atom stereocenters. The summed E-state index contributed by atoms with van der Waals surface area (Å²) in [6.07, 6.45) is 0.762. The van der Waals surface area contributed by atoms with Gasteiger partial charge in [0.05, 0.1) is 6.54 Å². The Kier molecular flexibility index (Phi) is 4.89. The molecule has 0 saturated carbocycles. The average Bonchev–Trinajstić information content (AvgIpc) is 2.87. The van der Waals surface area contributed by atoms with E-state index in [0.29, 0.717) is 13.1 Å². The zero-order valence-corrected chi connectivity index (χ0v) is 14.3. The monoisotopic (exact) mass is 372 g/mol. The van der Waals surface area contributed by atoms with Gasteiger partial charge < -0.3 is 11.1 Å². The first kappa shape index (κ1) is 15.8. The van der Waals surface area contributed by atoms with E-state index < -0.39 is 5.56 Å². The standard InChI is InChI=1S/C13H17BrN4O2S/c1-3-5-18-11(15)10(12(19)17(2)13(18)20)16-7-9-8(14)4-6-21-9/h4,6,16H,3,5,7,15H2,1-2H3. The molecule has 0 aromatic carbocycles. The molecule has 0 amide bonds. The van der Waals surface area contributed by atoms with E-state index in [1.54, 1.807) is 11.3 Å². The molecule has 0 aliphatic heterocycles. The van der Waals surface area contributed by atoms with Crippen molar-refractivity contribution in [3.63, 3.8) is 0 Å². The van der Waals surface area contributed by atoms with Crippen molar-refractivity contribution in [2.75, 3.05) is 11.1 Å². The summed E-state index contributed by atoms with van der Waals surface area (Å²) in [5.41, 5.74) is 5.47. The highest BCUT2D eigenvalue weighted by atomic mass is 79.9. The summed E-state index contributed by atoms with van der Waals surface area (Å²) >= 11 is 5.02. The quantitative estimate of drug-likeness (QED) is 0.840. The molecule has 3 N–H and O–H groups in total. The van der Waals surface area contributed by atoms with Crippen LogP contribution in [0.15, 0.2) is 25.5 Å². The lowest BCUT2D eigenvalue weighted by Gasteiger charge is -2.15. The fraction of sp³-hybridized carbons (Fsp3) is 0.385. The van der Waals surface area contributed by atoms with Gasteiger partial charge in [-0.3, -0.25) is 13.9 Å². The maximum absolute atomic E-state index is 12.2. The van der Waals surface area contributed by atoms with Crippen molar-refractivity contribution >= 4 is 38.8 Å². The number of hydrogen-bond donors (Lipinski definition) is 2. The van der Waals surface area contributed by atoms with E-state index in [2.05, 4.69) is 21.2 Å². The number of aromatic nitrogens is 2. The summed E-state index contributed by atoms with van der Waals surface area (Å²) in [7, 11) is 1.46. The van der Waals surface area contributed by atoms with Crippen LogP contribution in [0.3, 0.4) is 0 Å². The van der Waals surface area contributed by atoms with Gasteiger partial charge in [0.25, 0.3) is 5.56 Å². The van der Waals surface area contributed by atoms with Gasteiger partial charge in [0, 0.05) is 22.9 Å². The fourth-order valence-electron chi connectivity index (χ4n) is 2.01. The van der Waals surface area contributed by atoms with Gasteiger partial charge in [-0.25, -0.2) is 4.79 Å². The van der Waals surface area contributed by atoms with Crippen LogP contribution in [0.25, 0.3) is 0 Å². The number of thiophene rings is 1. The van der Waals surface area contributed by atoms with Crippen molar-refractivity contribution in [2.24, 2.45) is 7.05 Å². The first-order chi connectivity index (χ1) is 9.97. The lowest BCUT2D eigenvalue weighted by atomic mass is 10.3. The lowest BCUT2D eigenvalue weighted by molar-refractivity contribution is 0.600. The maximum atomic E-state index is 12.2. The first-order valence-electron chi connectivity index (χ1n) is 6.52. The molecule has 21 heavy (non-hydrogen) atoms. The van der Waals surface area contributed by atoms with Crippen LogP contribution in [0.1, 0.15) is 18.2 Å². The predicted octanol–water partition coefficient (Wildman–Crippen LogP) is 1.98. The van der Waals surface area contributed by atoms with Crippen molar-refractivity contribution in [3.05, 3.63) is 41.6 Å². The number of nitrogen functional groups attached to an aromatic ring is 1. The Morgan fingerprint density at radius 3 is 2.71 bits per heavy atom. The Labute approximate surface area is 134 Å². The Bertz CT molecular complexity index is 763. The van der Waals surface area contributed by atoms with E-state index in [-0.39, 0.29) is 17.2 Å². The summed E-state index contributed by atoms with van der Waals surface area (Å²) in [5.74, 6) is 0.192. The molecule has 0 aliphatic rings. The van der Waals surface area contributed by atoms with Gasteiger partial charge in [0.1, 0.15) is 11.5 Å². The maximum Gasteiger partial charge on any atom is 0.332 e. The number of halogens is 1. The third kappa shape index (κ3) is 3.06. The van der Waals surface area contributed by atoms with E-state index >= 15 is 0 Å². The van der Waals surface area contributed by atoms with Crippen LogP contribution in [-0.2, 0) is 20.1 Å². The highest BCUT2D eigenvalue weighted by Gasteiger charge is 2.15. The van der Waals surface area contributed by atoms with Gasteiger partial charge in [0.15, 0.2) is 0 Å². The molecule has 6 nitrogen and oxygen atoms in total. The van der Waals surface area contributed by atoms with E-state index in [1.807, 2.05) is 18.4 Å². The van der Waals surface area contributed by atoms with Crippen molar-refractivity contribution in [2.45, 2.75) is 26.4 Å². The van der Waals surface area contributed by atoms with E-state index in [4.69, 9.17) is 5.73 Å². The zero-order chi connectivity index (χ0) is 15.6. The summed E-state index contributed by atoms with van der Waals surface area (Å²) < 4.78 is 3.49. The van der Waals surface area contributed by atoms with Crippen molar-refractivity contribution in [1.29, 1.82) is 0 Å². The molecule has 2 rings (SSSR count). The van der Waals surface area contributed by atoms with Crippen molar-refractivity contribution in [1.82, 2.24) is 9.13 Å². The Morgan fingerprint density at radius 2 is 2.14 bits per heavy atom. The molecule has 0 saturated heterocycles. The molecular formula is C13H17BrN4O2S. The normalized spacial score (nSPS) is 10.8. The highest BCUT2D eigenvalue weighted by molar-refractivity contribution is 9.10. The second-order valence-corrected chi connectivity index (χ2v) is 6.46. The molecule has 2 heterocycles. The zero-order valence-electron chi connectivity index (χ0n) is 11.9. The molecule has 0 aliphatic carbocycles. The minimum atomic E-state index is -0.405. The number of rotatable bonds is 5. The van der Waals surface area contributed by atoms with Crippen LogP contribution in [0.2, 0.25) is 0 Å². The second kappa shape index (κ2) is 6.48. The fourth-order valence-corrected chi connectivity index (χ4v) is 3.44. The third-order valence-corrected chi connectivity index (χ3v) is 5.07. The van der Waals surface area contributed by atoms with Gasteiger partial charge in [-0.05, 0) is 33.8 Å². The van der Waals surface area contributed by atoms with Crippen LogP contribution in [0, 0.1) is 0 Å². The summed E-state index contributed by atoms with van der Waals surface area (Å²) in [4.78, 5) is 25.3. The molecule has 0 spiro atoms. The summed E-state index contributed by atoms with van der Waals surface area (Å²) in [5, 5.41) is 5.01. The summed E-state index contributed by atoms with van der Waals surface area (Å²) in [6, 6.07) is 1.95. The van der Waals surface area contributed by atoms with Crippen LogP contribution in [0.4, 0.5) is 11.5 Å². The number of hydrogen-bond acceptors (Lipinski definition) is 5.